The van der Waals surface area contributed by atoms with Gasteiger partial charge in [-0.15, -0.1) is 0 Å². The van der Waals surface area contributed by atoms with Crippen molar-refractivity contribution in [3.8, 4) is 0 Å². The molecular weight excluding hydrogens is 326 g/mol. The third-order valence-electron chi connectivity index (χ3n) is 5.22. The molecule has 3 rings (SSSR count). The topological polar surface area (TPSA) is 45.7 Å². The first-order valence-electron chi connectivity index (χ1n) is 8.75. The highest BCUT2D eigenvalue weighted by Crippen LogP contribution is 2.40. The Morgan fingerprint density at radius 1 is 1.33 bits per heavy atom. The van der Waals surface area contributed by atoms with Crippen LogP contribution < -0.4 is 4.90 Å². The second-order valence-corrected chi connectivity index (χ2v) is 7.46. The van der Waals surface area contributed by atoms with E-state index in [1.165, 1.54) is 6.42 Å². The Morgan fingerprint density at radius 2 is 2.21 bits per heavy atom. The standard InChI is InChI=1S/C18H26ClN3O2/c1-24-11-3-10-22-14-18(8-6-17(22)23)7-2-9-21(13-18)16-5-4-15(19)12-20-16/h4-5,12H,2-3,6-11,13-14H2,1H3. The van der Waals surface area contributed by atoms with Crippen LogP contribution in [0.3, 0.4) is 0 Å². The van der Waals surface area contributed by atoms with Crippen molar-refractivity contribution < 1.29 is 9.53 Å². The normalized spacial score (nSPS) is 24.7. The zero-order chi connectivity index (χ0) is 17.0. The molecule has 2 fully saturated rings. The summed E-state index contributed by atoms with van der Waals surface area (Å²) in [5.74, 6) is 1.28. The smallest absolute Gasteiger partial charge is 0.222 e. The monoisotopic (exact) mass is 351 g/mol. The fourth-order valence-electron chi connectivity index (χ4n) is 4.00. The molecule has 0 aliphatic carbocycles. The maximum atomic E-state index is 12.2. The molecule has 0 radical (unpaired) electrons. The summed E-state index contributed by atoms with van der Waals surface area (Å²) in [6, 6.07) is 3.89. The van der Waals surface area contributed by atoms with Crippen LogP contribution in [0.5, 0.6) is 0 Å². The summed E-state index contributed by atoms with van der Waals surface area (Å²) in [4.78, 5) is 21.1. The molecule has 1 aromatic heterocycles. The molecule has 0 aromatic carbocycles. The van der Waals surface area contributed by atoms with Gasteiger partial charge in [0.15, 0.2) is 0 Å². The number of methoxy groups -OCH3 is 1. The molecule has 1 atom stereocenters. The van der Waals surface area contributed by atoms with E-state index in [9.17, 15) is 4.79 Å². The lowest BCUT2D eigenvalue weighted by molar-refractivity contribution is -0.138. The van der Waals surface area contributed by atoms with Crippen molar-refractivity contribution in [3.63, 3.8) is 0 Å². The molecule has 24 heavy (non-hydrogen) atoms. The summed E-state index contributed by atoms with van der Waals surface area (Å²) in [5.41, 5.74) is 0.195. The lowest BCUT2D eigenvalue weighted by atomic mass is 9.73. The van der Waals surface area contributed by atoms with Gasteiger partial charge in [0.25, 0.3) is 0 Å². The van der Waals surface area contributed by atoms with Crippen LogP contribution in [0.25, 0.3) is 0 Å². The third kappa shape index (κ3) is 4.01. The molecular formula is C18H26ClN3O2. The number of amides is 1. The van der Waals surface area contributed by atoms with E-state index in [1.807, 2.05) is 17.0 Å². The number of halogens is 1. The minimum Gasteiger partial charge on any atom is -0.385 e. The predicted molar refractivity (Wildman–Crippen MR) is 95.4 cm³/mol. The van der Waals surface area contributed by atoms with Crippen molar-refractivity contribution in [2.24, 2.45) is 5.41 Å². The first-order chi connectivity index (χ1) is 11.6. The molecule has 6 heteroatoms. The minimum absolute atomic E-state index is 0.195. The zero-order valence-electron chi connectivity index (χ0n) is 14.3. The highest BCUT2D eigenvalue weighted by atomic mass is 35.5. The Kier molecular flexibility index (Phi) is 5.61. The molecule has 2 aliphatic heterocycles. The molecule has 0 saturated carbocycles. The van der Waals surface area contributed by atoms with Crippen molar-refractivity contribution >= 4 is 23.3 Å². The summed E-state index contributed by atoms with van der Waals surface area (Å²) in [6.07, 6.45) is 6.58. The van der Waals surface area contributed by atoms with Crippen LogP contribution in [-0.2, 0) is 9.53 Å². The molecule has 5 nitrogen and oxygen atoms in total. The Morgan fingerprint density at radius 3 is 2.96 bits per heavy atom. The Hall–Kier alpha value is -1.33. The summed E-state index contributed by atoms with van der Waals surface area (Å²) < 4.78 is 5.12. The Bertz CT molecular complexity index is 566. The number of piperidine rings is 2. The van der Waals surface area contributed by atoms with Crippen molar-refractivity contribution in [2.75, 3.05) is 44.8 Å². The number of ether oxygens (including phenoxy) is 1. The van der Waals surface area contributed by atoms with Crippen LogP contribution in [0.4, 0.5) is 5.82 Å². The molecule has 0 bridgehead atoms. The first-order valence-corrected chi connectivity index (χ1v) is 9.13. The van der Waals surface area contributed by atoms with E-state index in [0.29, 0.717) is 24.0 Å². The van der Waals surface area contributed by atoms with Gasteiger partial charge in [0.1, 0.15) is 5.82 Å². The van der Waals surface area contributed by atoms with Gasteiger partial charge < -0.3 is 14.5 Å². The van der Waals surface area contributed by atoms with Crippen LogP contribution >= 0.6 is 11.6 Å². The summed E-state index contributed by atoms with van der Waals surface area (Å²) in [6.45, 7) is 4.36. The number of anilines is 1. The van der Waals surface area contributed by atoms with Crippen LogP contribution in [0.15, 0.2) is 18.3 Å². The fourth-order valence-corrected chi connectivity index (χ4v) is 4.11. The van der Waals surface area contributed by atoms with Crippen molar-refractivity contribution in [1.82, 2.24) is 9.88 Å². The quantitative estimate of drug-likeness (QED) is 0.765. The van der Waals surface area contributed by atoms with Gasteiger partial charge in [-0.05, 0) is 37.8 Å². The largest absolute Gasteiger partial charge is 0.385 e. The highest BCUT2D eigenvalue weighted by Gasteiger charge is 2.41. The minimum atomic E-state index is 0.195. The number of rotatable bonds is 5. The lowest BCUT2D eigenvalue weighted by Gasteiger charge is -2.48. The second-order valence-electron chi connectivity index (χ2n) is 7.02. The average molecular weight is 352 g/mol. The van der Waals surface area contributed by atoms with E-state index in [1.54, 1.807) is 13.3 Å². The van der Waals surface area contributed by atoms with Crippen LogP contribution in [0.2, 0.25) is 5.02 Å². The summed E-state index contributed by atoms with van der Waals surface area (Å²) in [7, 11) is 1.71. The van der Waals surface area contributed by atoms with Gasteiger partial charge in [0, 0.05) is 57.9 Å². The number of pyridine rings is 1. The van der Waals surface area contributed by atoms with E-state index >= 15 is 0 Å². The van der Waals surface area contributed by atoms with Gasteiger partial charge in [-0.1, -0.05) is 11.6 Å². The number of hydrogen-bond donors (Lipinski definition) is 0. The second kappa shape index (κ2) is 7.70. The number of aromatic nitrogens is 1. The van der Waals surface area contributed by atoms with Crippen molar-refractivity contribution in [3.05, 3.63) is 23.4 Å². The van der Waals surface area contributed by atoms with Gasteiger partial charge in [-0.2, -0.15) is 0 Å². The van der Waals surface area contributed by atoms with E-state index in [2.05, 4.69) is 9.88 Å². The molecule has 3 heterocycles. The first kappa shape index (κ1) is 17.5. The summed E-state index contributed by atoms with van der Waals surface area (Å²) in [5, 5.41) is 0.665. The molecule has 1 unspecified atom stereocenters. The lowest BCUT2D eigenvalue weighted by Crippen LogP contribution is -2.54. The molecule has 1 amide bonds. The van der Waals surface area contributed by atoms with Crippen molar-refractivity contribution in [2.45, 2.75) is 32.1 Å². The van der Waals surface area contributed by atoms with Crippen LogP contribution in [0, 0.1) is 5.41 Å². The Balaban J connectivity index is 1.67. The molecule has 1 aromatic rings. The molecule has 1 spiro atoms. The third-order valence-corrected chi connectivity index (χ3v) is 5.45. The molecule has 2 aliphatic rings. The number of carbonyl (C=O) groups is 1. The summed E-state index contributed by atoms with van der Waals surface area (Å²) >= 11 is 5.95. The van der Waals surface area contributed by atoms with Gasteiger partial charge in [-0.3, -0.25) is 4.79 Å². The highest BCUT2D eigenvalue weighted by molar-refractivity contribution is 6.30. The molecule has 0 N–H and O–H groups in total. The maximum absolute atomic E-state index is 12.2. The molecule has 2 saturated heterocycles. The van der Waals surface area contributed by atoms with Gasteiger partial charge in [0.2, 0.25) is 5.91 Å². The van der Waals surface area contributed by atoms with E-state index in [0.717, 1.165) is 51.3 Å². The van der Waals surface area contributed by atoms with Gasteiger partial charge in [-0.25, -0.2) is 4.98 Å². The SMILES string of the molecule is COCCCN1CC2(CCCN(c3ccc(Cl)cn3)C2)CCC1=O. The fraction of sp³-hybridized carbons (Fsp3) is 0.667. The number of carbonyl (C=O) groups excluding carboxylic acids is 1. The van der Waals surface area contributed by atoms with E-state index in [-0.39, 0.29) is 5.41 Å². The van der Waals surface area contributed by atoms with Gasteiger partial charge >= 0.3 is 0 Å². The molecule has 132 valence electrons. The van der Waals surface area contributed by atoms with Crippen LogP contribution in [-0.4, -0.2) is 55.7 Å². The van der Waals surface area contributed by atoms with Crippen LogP contribution in [0.1, 0.15) is 32.1 Å². The zero-order valence-corrected chi connectivity index (χ0v) is 15.1. The van der Waals surface area contributed by atoms with Gasteiger partial charge in [0.05, 0.1) is 5.02 Å². The average Bonchev–Trinajstić information content (AvgIpc) is 2.59. The van der Waals surface area contributed by atoms with E-state index in [4.69, 9.17) is 16.3 Å². The number of nitrogens with zero attached hydrogens (tertiary/aromatic N) is 3. The van der Waals surface area contributed by atoms with Crippen molar-refractivity contribution in [1.29, 1.82) is 0 Å². The van der Waals surface area contributed by atoms with E-state index < -0.39 is 0 Å². The maximum Gasteiger partial charge on any atom is 0.222 e. The Labute approximate surface area is 148 Å². The number of likely N-dealkylation sites (tertiary alicyclic amines) is 1. The number of hydrogen-bond acceptors (Lipinski definition) is 4. The predicted octanol–water partition coefficient (Wildman–Crippen LogP) is 2.98.